The number of Topliss-reactive ketones (excluding diaryl/α,β-unsaturated/α-hetero) is 1. The summed E-state index contributed by atoms with van der Waals surface area (Å²) < 4.78 is 45.1. The second-order valence-corrected chi connectivity index (χ2v) is 5.99. The molecule has 0 aliphatic rings. The first kappa shape index (κ1) is 21.4. The number of pyridine rings is 1. The summed E-state index contributed by atoms with van der Waals surface area (Å²) in [6, 6.07) is 4.47. The van der Waals surface area contributed by atoms with Crippen molar-refractivity contribution in [2.75, 3.05) is 13.2 Å². The molecular weight excluding hydrogens is 375 g/mol. The van der Waals surface area contributed by atoms with Gasteiger partial charge in [0, 0.05) is 6.20 Å². The molecule has 0 spiro atoms. The molecule has 0 saturated heterocycles. The van der Waals surface area contributed by atoms with E-state index in [4.69, 9.17) is 10.5 Å². The summed E-state index contributed by atoms with van der Waals surface area (Å²) in [4.78, 5) is 28.1. The van der Waals surface area contributed by atoms with Gasteiger partial charge in [0.05, 0.1) is 11.6 Å². The number of nitrogens with two attached hydrogens (primary N) is 1. The lowest BCUT2D eigenvalue weighted by atomic mass is 10.0. The molecule has 0 bridgehead atoms. The Morgan fingerprint density at radius 3 is 2.43 bits per heavy atom. The number of amides is 1. The number of nitrogens with zero attached hydrogens (tertiary/aromatic N) is 1. The third-order valence-electron chi connectivity index (χ3n) is 3.91. The van der Waals surface area contributed by atoms with Gasteiger partial charge in [-0.15, -0.1) is 0 Å². The fraction of sp³-hybridized carbons (Fsp3) is 0.316. The zero-order valence-electron chi connectivity index (χ0n) is 15.0. The predicted octanol–water partition coefficient (Wildman–Crippen LogP) is 2.37. The molecule has 0 radical (unpaired) electrons. The monoisotopic (exact) mass is 395 g/mol. The Labute approximate surface area is 159 Å². The average Bonchev–Trinajstić information content (AvgIpc) is 2.67. The van der Waals surface area contributed by atoms with E-state index in [0.29, 0.717) is 19.4 Å². The van der Waals surface area contributed by atoms with Gasteiger partial charge in [-0.05, 0) is 50.1 Å². The molecule has 0 saturated carbocycles. The van der Waals surface area contributed by atoms with Crippen molar-refractivity contribution in [2.24, 2.45) is 5.73 Å². The molecule has 2 rings (SSSR count). The van der Waals surface area contributed by atoms with Crippen molar-refractivity contribution in [2.45, 2.75) is 25.3 Å². The normalized spacial score (nSPS) is 11.7. The number of ether oxygens (including phenoxy) is 1. The lowest BCUT2D eigenvalue weighted by molar-refractivity contribution is -0.123. The van der Waals surface area contributed by atoms with Crippen LogP contribution in [0.4, 0.5) is 13.2 Å². The summed E-state index contributed by atoms with van der Waals surface area (Å²) in [5.41, 5.74) is 5.51. The number of halogens is 3. The molecule has 3 N–H and O–H groups in total. The van der Waals surface area contributed by atoms with E-state index < -0.39 is 47.7 Å². The van der Waals surface area contributed by atoms with Gasteiger partial charge in [-0.3, -0.25) is 9.59 Å². The largest absolute Gasteiger partial charge is 0.480 e. The van der Waals surface area contributed by atoms with Gasteiger partial charge in [0.1, 0.15) is 6.61 Å². The Morgan fingerprint density at radius 2 is 1.82 bits per heavy atom. The number of benzene rings is 1. The number of nitrogens with one attached hydrogen (secondary N) is 1. The Kier molecular flexibility index (Phi) is 7.94. The quantitative estimate of drug-likeness (QED) is 0.476. The van der Waals surface area contributed by atoms with Crippen LogP contribution in [0.1, 0.15) is 29.6 Å². The highest BCUT2D eigenvalue weighted by atomic mass is 19.1. The summed E-state index contributed by atoms with van der Waals surface area (Å²) in [5.74, 6) is -4.47. The first-order valence-corrected chi connectivity index (χ1v) is 8.64. The highest BCUT2D eigenvalue weighted by Crippen LogP contribution is 2.21. The van der Waals surface area contributed by atoms with Crippen LogP contribution < -0.4 is 15.8 Å². The van der Waals surface area contributed by atoms with Gasteiger partial charge in [-0.25, -0.2) is 13.8 Å². The van der Waals surface area contributed by atoms with Crippen molar-refractivity contribution in [3.8, 4) is 5.75 Å². The van der Waals surface area contributed by atoms with Crippen molar-refractivity contribution in [1.82, 2.24) is 10.3 Å². The van der Waals surface area contributed by atoms with Crippen LogP contribution >= 0.6 is 0 Å². The molecular formula is C19H20F3N3O3. The van der Waals surface area contributed by atoms with Crippen molar-refractivity contribution in [3.05, 3.63) is 59.7 Å². The van der Waals surface area contributed by atoms with Gasteiger partial charge in [0.15, 0.2) is 23.2 Å². The molecule has 0 fully saturated rings. The van der Waals surface area contributed by atoms with Crippen LogP contribution in [-0.2, 0) is 4.79 Å². The summed E-state index contributed by atoms with van der Waals surface area (Å²) in [6.45, 7) is -0.221. The standard InChI is InChI=1S/C19H20F3N3O3/c20-13-4-3-5-14(21)18(13)28-11-16(26)15(6-1-2-9-23)25-19(27)12-7-8-17(22)24-10-12/h3-5,7-8,10,15H,1-2,6,9,11,23H2,(H,25,27)/t15-/m0/s1. The smallest absolute Gasteiger partial charge is 0.253 e. The van der Waals surface area contributed by atoms with E-state index in [1.807, 2.05) is 0 Å². The zero-order chi connectivity index (χ0) is 20.5. The maximum Gasteiger partial charge on any atom is 0.253 e. The maximum absolute atomic E-state index is 13.6. The van der Waals surface area contributed by atoms with Crippen molar-refractivity contribution >= 4 is 11.7 Å². The maximum atomic E-state index is 13.6. The minimum atomic E-state index is -0.959. The minimum absolute atomic E-state index is 0.0686. The van der Waals surface area contributed by atoms with E-state index in [1.54, 1.807) is 0 Å². The average molecular weight is 395 g/mol. The molecule has 2 aromatic rings. The number of unbranched alkanes of at least 4 members (excludes halogenated alkanes) is 1. The first-order chi connectivity index (χ1) is 13.4. The second kappa shape index (κ2) is 10.4. The van der Waals surface area contributed by atoms with Gasteiger partial charge >= 0.3 is 0 Å². The predicted molar refractivity (Wildman–Crippen MR) is 95.2 cm³/mol. The van der Waals surface area contributed by atoms with Crippen LogP contribution in [0, 0.1) is 17.6 Å². The van der Waals surface area contributed by atoms with E-state index in [0.717, 1.165) is 24.4 Å². The molecule has 1 heterocycles. The molecule has 0 aliphatic heterocycles. The molecule has 1 amide bonds. The highest BCUT2D eigenvalue weighted by Gasteiger charge is 2.23. The van der Waals surface area contributed by atoms with Gasteiger partial charge in [0.25, 0.3) is 5.91 Å². The van der Waals surface area contributed by atoms with Crippen LogP contribution in [0.15, 0.2) is 36.5 Å². The highest BCUT2D eigenvalue weighted by molar-refractivity contribution is 5.98. The van der Waals surface area contributed by atoms with Crippen LogP contribution in [0.5, 0.6) is 5.75 Å². The van der Waals surface area contributed by atoms with E-state index in [9.17, 15) is 22.8 Å². The number of para-hydroxylation sites is 1. The second-order valence-electron chi connectivity index (χ2n) is 5.99. The third kappa shape index (κ3) is 6.05. The number of ketones is 1. The summed E-state index contributed by atoms with van der Waals surface area (Å²) in [7, 11) is 0. The fourth-order valence-corrected chi connectivity index (χ4v) is 2.42. The molecule has 1 atom stereocenters. The molecule has 150 valence electrons. The number of carbonyl (C=O) groups excluding carboxylic acids is 2. The SMILES string of the molecule is NCCCC[C@H](NC(=O)c1ccc(F)nc1)C(=O)COc1c(F)cccc1F. The van der Waals surface area contributed by atoms with Gasteiger partial charge < -0.3 is 15.8 Å². The number of rotatable bonds is 10. The summed E-state index contributed by atoms with van der Waals surface area (Å²) in [5, 5.41) is 2.52. The minimum Gasteiger partial charge on any atom is -0.480 e. The van der Waals surface area contributed by atoms with Gasteiger partial charge in [0.2, 0.25) is 5.95 Å². The van der Waals surface area contributed by atoms with Crippen LogP contribution in [0.2, 0.25) is 0 Å². The van der Waals surface area contributed by atoms with Crippen LogP contribution in [0.25, 0.3) is 0 Å². The zero-order valence-corrected chi connectivity index (χ0v) is 15.0. The van der Waals surface area contributed by atoms with E-state index in [2.05, 4.69) is 10.3 Å². The Morgan fingerprint density at radius 1 is 1.11 bits per heavy atom. The molecule has 0 unspecified atom stereocenters. The Hall–Kier alpha value is -2.94. The summed E-state index contributed by atoms with van der Waals surface area (Å²) in [6.07, 6.45) is 2.47. The van der Waals surface area contributed by atoms with Crippen LogP contribution in [0.3, 0.4) is 0 Å². The third-order valence-corrected chi connectivity index (χ3v) is 3.91. The van der Waals surface area contributed by atoms with Gasteiger partial charge in [-0.2, -0.15) is 4.39 Å². The lowest BCUT2D eigenvalue weighted by Gasteiger charge is -2.18. The Bertz CT molecular complexity index is 796. The number of hydrogen-bond donors (Lipinski definition) is 2. The molecule has 28 heavy (non-hydrogen) atoms. The molecule has 1 aromatic heterocycles. The topological polar surface area (TPSA) is 94.3 Å². The fourth-order valence-electron chi connectivity index (χ4n) is 2.42. The number of aromatic nitrogens is 1. The van der Waals surface area contributed by atoms with Crippen molar-refractivity contribution in [3.63, 3.8) is 0 Å². The molecule has 1 aromatic carbocycles. The Balaban J connectivity index is 2.04. The van der Waals surface area contributed by atoms with E-state index in [-0.39, 0.29) is 12.0 Å². The van der Waals surface area contributed by atoms with Crippen molar-refractivity contribution in [1.29, 1.82) is 0 Å². The molecule has 6 nitrogen and oxygen atoms in total. The van der Waals surface area contributed by atoms with E-state index in [1.165, 1.54) is 12.1 Å². The van der Waals surface area contributed by atoms with Crippen molar-refractivity contribution < 1.29 is 27.5 Å². The first-order valence-electron chi connectivity index (χ1n) is 8.64. The molecule has 9 heteroatoms. The number of carbonyl (C=O) groups is 2. The molecule has 0 aliphatic carbocycles. The van der Waals surface area contributed by atoms with Gasteiger partial charge in [-0.1, -0.05) is 6.07 Å². The summed E-state index contributed by atoms with van der Waals surface area (Å²) >= 11 is 0. The van der Waals surface area contributed by atoms with E-state index >= 15 is 0 Å². The number of hydrogen-bond acceptors (Lipinski definition) is 5. The van der Waals surface area contributed by atoms with Crippen LogP contribution in [-0.4, -0.2) is 35.9 Å². The lowest BCUT2D eigenvalue weighted by Crippen LogP contribution is -2.43.